The lowest BCUT2D eigenvalue weighted by atomic mass is 10.2. The van der Waals surface area contributed by atoms with E-state index in [1.807, 2.05) is 6.92 Å². The highest BCUT2D eigenvalue weighted by atomic mass is 16.5. The summed E-state index contributed by atoms with van der Waals surface area (Å²) in [6, 6.07) is -0.919. The average Bonchev–Trinajstić information content (AvgIpc) is 2.25. The van der Waals surface area contributed by atoms with Gasteiger partial charge in [-0.1, -0.05) is 6.92 Å². The molecule has 0 saturated carbocycles. The minimum Gasteiger partial charge on any atom is -0.383 e. The summed E-state index contributed by atoms with van der Waals surface area (Å²) in [4.78, 5) is 22.5. The van der Waals surface area contributed by atoms with Crippen molar-refractivity contribution in [3.8, 4) is 0 Å². The number of primary amides is 1. The molecule has 6 heteroatoms. The number of methoxy groups -OCH3 is 1. The van der Waals surface area contributed by atoms with Gasteiger partial charge >= 0.3 is 0 Å². The van der Waals surface area contributed by atoms with Gasteiger partial charge in [-0.15, -0.1) is 0 Å². The molecule has 0 aliphatic heterocycles. The minimum absolute atomic E-state index is 0.170. The highest BCUT2D eigenvalue weighted by Crippen LogP contribution is 1.93. The summed E-state index contributed by atoms with van der Waals surface area (Å²) in [5, 5.41) is 5.54. The van der Waals surface area contributed by atoms with Crippen LogP contribution in [0.3, 0.4) is 0 Å². The second-order valence-electron chi connectivity index (χ2n) is 3.54. The lowest BCUT2D eigenvalue weighted by molar-refractivity contribution is -0.124. The van der Waals surface area contributed by atoms with E-state index in [4.69, 9.17) is 10.5 Å². The average molecular weight is 231 g/mol. The molecule has 6 nitrogen and oxygen atoms in total. The standard InChI is InChI=1S/C10H21N3O3/c1-4-8(9(11)14)13-7(2)10(15)12-5-6-16-3/h7-8,13H,4-6H2,1-3H3,(H2,11,14)(H,12,15). The first-order chi connectivity index (χ1) is 7.52. The van der Waals surface area contributed by atoms with Gasteiger partial charge in [0.05, 0.1) is 18.7 Å². The maximum atomic E-state index is 11.5. The zero-order valence-corrected chi connectivity index (χ0v) is 10.1. The number of nitrogens with one attached hydrogen (secondary N) is 2. The first kappa shape index (κ1) is 14.9. The predicted molar refractivity (Wildman–Crippen MR) is 60.8 cm³/mol. The molecule has 2 unspecified atom stereocenters. The topological polar surface area (TPSA) is 93.4 Å². The van der Waals surface area contributed by atoms with Gasteiger partial charge in [-0.05, 0) is 13.3 Å². The Morgan fingerprint density at radius 3 is 2.50 bits per heavy atom. The molecule has 0 aliphatic carbocycles. The maximum absolute atomic E-state index is 11.5. The summed E-state index contributed by atoms with van der Waals surface area (Å²) in [5.41, 5.74) is 5.16. The van der Waals surface area contributed by atoms with Crippen LogP contribution in [0.4, 0.5) is 0 Å². The first-order valence-electron chi connectivity index (χ1n) is 5.34. The fourth-order valence-electron chi connectivity index (χ4n) is 1.21. The summed E-state index contributed by atoms with van der Waals surface area (Å²) < 4.78 is 4.80. The van der Waals surface area contributed by atoms with Crippen LogP contribution in [0, 0.1) is 0 Å². The van der Waals surface area contributed by atoms with E-state index in [-0.39, 0.29) is 5.91 Å². The van der Waals surface area contributed by atoms with Crippen LogP contribution in [0.15, 0.2) is 0 Å². The molecule has 0 aromatic heterocycles. The van der Waals surface area contributed by atoms with Gasteiger partial charge in [0.1, 0.15) is 0 Å². The molecular formula is C10H21N3O3. The lowest BCUT2D eigenvalue weighted by Crippen LogP contribution is -2.51. The molecule has 0 aliphatic rings. The molecular weight excluding hydrogens is 210 g/mol. The van der Waals surface area contributed by atoms with Gasteiger partial charge in [0.25, 0.3) is 0 Å². The van der Waals surface area contributed by atoms with Crippen molar-refractivity contribution in [2.75, 3.05) is 20.3 Å². The number of rotatable bonds is 8. The zero-order valence-electron chi connectivity index (χ0n) is 10.1. The number of amides is 2. The van der Waals surface area contributed by atoms with Crippen molar-refractivity contribution in [2.24, 2.45) is 5.73 Å². The van der Waals surface area contributed by atoms with Crippen molar-refractivity contribution in [1.29, 1.82) is 0 Å². The Hall–Kier alpha value is -1.14. The van der Waals surface area contributed by atoms with E-state index >= 15 is 0 Å². The van der Waals surface area contributed by atoms with Crippen LogP contribution in [0.2, 0.25) is 0 Å². The summed E-state index contributed by atoms with van der Waals surface area (Å²) in [5.74, 6) is -0.615. The largest absolute Gasteiger partial charge is 0.383 e. The maximum Gasteiger partial charge on any atom is 0.236 e. The van der Waals surface area contributed by atoms with Crippen molar-refractivity contribution >= 4 is 11.8 Å². The van der Waals surface area contributed by atoms with Crippen LogP contribution >= 0.6 is 0 Å². The Morgan fingerprint density at radius 1 is 1.44 bits per heavy atom. The Kier molecular flexibility index (Phi) is 7.49. The second-order valence-corrected chi connectivity index (χ2v) is 3.54. The summed E-state index contributed by atoms with van der Waals surface area (Å²) in [6.45, 7) is 4.44. The summed E-state index contributed by atoms with van der Waals surface area (Å²) in [7, 11) is 1.56. The van der Waals surface area contributed by atoms with E-state index in [9.17, 15) is 9.59 Å². The Labute approximate surface area is 95.9 Å². The molecule has 94 valence electrons. The third-order valence-corrected chi connectivity index (χ3v) is 2.20. The Balaban J connectivity index is 3.98. The SMILES string of the molecule is CCC(NC(C)C(=O)NCCOC)C(N)=O. The van der Waals surface area contributed by atoms with Crippen LogP contribution in [0.1, 0.15) is 20.3 Å². The van der Waals surface area contributed by atoms with Gasteiger partial charge in [0.15, 0.2) is 0 Å². The van der Waals surface area contributed by atoms with E-state index in [0.717, 1.165) is 0 Å². The van der Waals surface area contributed by atoms with Gasteiger partial charge < -0.3 is 15.8 Å². The number of ether oxygens (including phenoxy) is 1. The van der Waals surface area contributed by atoms with Crippen molar-refractivity contribution in [1.82, 2.24) is 10.6 Å². The third-order valence-electron chi connectivity index (χ3n) is 2.20. The molecule has 4 N–H and O–H groups in total. The number of nitrogens with two attached hydrogens (primary N) is 1. The van der Waals surface area contributed by atoms with E-state index < -0.39 is 18.0 Å². The molecule has 0 heterocycles. The van der Waals surface area contributed by atoms with E-state index in [2.05, 4.69) is 10.6 Å². The molecule has 0 spiro atoms. The zero-order chi connectivity index (χ0) is 12.6. The Bertz CT molecular complexity index is 233. The number of carbonyl (C=O) groups is 2. The third kappa shape index (κ3) is 5.67. The van der Waals surface area contributed by atoms with Crippen LogP contribution < -0.4 is 16.4 Å². The van der Waals surface area contributed by atoms with Crippen LogP contribution in [-0.2, 0) is 14.3 Å². The highest BCUT2D eigenvalue weighted by molar-refractivity contribution is 5.84. The van der Waals surface area contributed by atoms with Crippen molar-refractivity contribution < 1.29 is 14.3 Å². The highest BCUT2D eigenvalue weighted by Gasteiger charge is 2.19. The van der Waals surface area contributed by atoms with Crippen LogP contribution in [-0.4, -0.2) is 44.2 Å². The lowest BCUT2D eigenvalue weighted by Gasteiger charge is -2.19. The molecule has 0 aromatic carbocycles. The van der Waals surface area contributed by atoms with E-state index in [1.54, 1.807) is 14.0 Å². The molecule has 0 rings (SSSR count). The van der Waals surface area contributed by atoms with Gasteiger partial charge in [0.2, 0.25) is 11.8 Å². The smallest absolute Gasteiger partial charge is 0.236 e. The summed E-state index contributed by atoms with van der Waals surface area (Å²) >= 11 is 0. The van der Waals surface area contributed by atoms with Crippen molar-refractivity contribution in [2.45, 2.75) is 32.4 Å². The monoisotopic (exact) mass is 231 g/mol. The van der Waals surface area contributed by atoms with Gasteiger partial charge in [-0.2, -0.15) is 0 Å². The van der Waals surface area contributed by atoms with E-state index in [0.29, 0.717) is 19.6 Å². The van der Waals surface area contributed by atoms with Crippen LogP contribution in [0.5, 0.6) is 0 Å². The quantitative estimate of drug-likeness (QED) is 0.467. The molecule has 2 amide bonds. The Morgan fingerprint density at radius 2 is 2.06 bits per heavy atom. The normalized spacial score (nSPS) is 14.2. The molecule has 0 radical (unpaired) electrons. The molecule has 2 atom stereocenters. The van der Waals surface area contributed by atoms with Gasteiger partial charge in [0, 0.05) is 13.7 Å². The summed E-state index contributed by atoms with van der Waals surface area (Å²) in [6.07, 6.45) is 0.561. The van der Waals surface area contributed by atoms with Crippen molar-refractivity contribution in [3.63, 3.8) is 0 Å². The second kappa shape index (κ2) is 8.06. The molecule has 16 heavy (non-hydrogen) atoms. The number of hydrogen-bond donors (Lipinski definition) is 3. The molecule has 0 fully saturated rings. The first-order valence-corrected chi connectivity index (χ1v) is 5.34. The van der Waals surface area contributed by atoms with Gasteiger partial charge in [-0.3, -0.25) is 14.9 Å². The molecule has 0 bridgehead atoms. The van der Waals surface area contributed by atoms with E-state index in [1.165, 1.54) is 0 Å². The fourth-order valence-corrected chi connectivity index (χ4v) is 1.21. The molecule has 0 saturated heterocycles. The number of carbonyl (C=O) groups excluding carboxylic acids is 2. The van der Waals surface area contributed by atoms with Gasteiger partial charge in [-0.25, -0.2) is 0 Å². The molecule has 0 aromatic rings. The predicted octanol–water partition coefficient (Wildman–Crippen LogP) is -1.01. The number of hydrogen-bond acceptors (Lipinski definition) is 4. The minimum atomic E-state index is -0.469. The fraction of sp³-hybridized carbons (Fsp3) is 0.800. The van der Waals surface area contributed by atoms with Crippen molar-refractivity contribution in [3.05, 3.63) is 0 Å². The van der Waals surface area contributed by atoms with Crippen LogP contribution in [0.25, 0.3) is 0 Å².